The van der Waals surface area contributed by atoms with Gasteiger partial charge in [0.05, 0.1) is 33.3 Å². The number of para-hydroxylation sites is 2. The molecule has 0 bridgehead atoms. The molecule has 4 heteroatoms. The van der Waals surface area contributed by atoms with Crippen molar-refractivity contribution in [2.24, 2.45) is 0 Å². The van der Waals surface area contributed by atoms with Crippen LogP contribution in [-0.4, -0.2) is 19.6 Å². The van der Waals surface area contributed by atoms with Crippen LogP contribution >= 0.6 is 0 Å². The molecular weight excluding hydrogens is 635 g/mol. The highest BCUT2D eigenvalue weighted by atomic mass is 16.3. The van der Waals surface area contributed by atoms with Crippen molar-refractivity contribution >= 4 is 11.0 Å². The Balaban J connectivity index is 1.39. The first-order valence-corrected chi connectivity index (χ1v) is 17.3. The van der Waals surface area contributed by atoms with Gasteiger partial charge in [0.25, 0.3) is 0 Å². The van der Waals surface area contributed by atoms with Crippen molar-refractivity contribution in [1.29, 1.82) is 0 Å². The summed E-state index contributed by atoms with van der Waals surface area (Å²) in [5.41, 5.74) is 8.12. The molecule has 0 aliphatic heterocycles. The minimum Gasteiger partial charge on any atom is -0.507 e. The Bertz CT molecular complexity index is 2980. The third kappa shape index (κ3) is 6.18. The van der Waals surface area contributed by atoms with E-state index in [2.05, 4.69) is 73.6 Å². The minimum atomic E-state index is -0.597. The molecule has 2 heterocycles. The topological polar surface area (TPSA) is 50.9 Å². The minimum absolute atomic E-state index is 0.0309. The third-order valence-corrected chi connectivity index (χ3v) is 9.37. The number of phenols is 1. The van der Waals surface area contributed by atoms with Crippen LogP contribution in [0, 0.1) is 0 Å². The van der Waals surface area contributed by atoms with E-state index in [9.17, 15) is 6.48 Å². The number of aromatic hydroxyl groups is 1. The number of benzene rings is 6. The first-order valence-electron chi connectivity index (χ1n) is 21.3. The summed E-state index contributed by atoms with van der Waals surface area (Å²) in [6.45, 7) is 8.30. The van der Waals surface area contributed by atoms with Crippen LogP contribution in [0.4, 0.5) is 0 Å². The Kier molecular flexibility index (Phi) is 6.42. The molecule has 0 fully saturated rings. The molecule has 0 aliphatic carbocycles. The molecule has 0 unspecified atom stereocenters. The molecule has 6 aromatic carbocycles. The van der Waals surface area contributed by atoms with E-state index in [1.165, 1.54) is 0 Å². The molecule has 0 saturated heterocycles. The van der Waals surface area contributed by atoms with Gasteiger partial charge in [-0.15, -0.1) is 0 Å². The van der Waals surface area contributed by atoms with Crippen LogP contribution in [0.3, 0.4) is 0 Å². The van der Waals surface area contributed by atoms with Gasteiger partial charge >= 0.3 is 0 Å². The zero-order valence-corrected chi connectivity index (χ0v) is 29.4. The van der Waals surface area contributed by atoms with Gasteiger partial charge in [-0.25, -0.2) is 4.98 Å². The number of nitrogens with zero attached hydrogens (tertiary/aromatic N) is 3. The lowest BCUT2D eigenvalue weighted by Crippen LogP contribution is -2.11. The zero-order chi connectivity index (χ0) is 42.8. The fourth-order valence-electron chi connectivity index (χ4n) is 6.65. The maximum Gasteiger partial charge on any atom is 0.149 e. The lowest BCUT2D eigenvalue weighted by atomic mass is 9.83. The molecule has 4 nitrogen and oxygen atoms in total. The van der Waals surface area contributed by atoms with Crippen LogP contribution in [0.5, 0.6) is 5.75 Å². The first-order chi connectivity index (χ1) is 28.6. The van der Waals surface area contributed by atoms with Crippen molar-refractivity contribution in [3.63, 3.8) is 0 Å². The highest BCUT2D eigenvalue weighted by Gasteiger charge is 2.22. The molecule has 0 saturated carbocycles. The number of imidazole rings is 1. The second-order valence-corrected chi connectivity index (χ2v) is 13.8. The Labute approximate surface area is 317 Å². The Morgan fingerprint density at radius 1 is 0.673 bits per heavy atom. The van der Waals surface area contributed by atoms with E-state index in [-0.39, 0.29) is 28.6 Å². The van der Waals surface area contributed by atoms with Crippen LogP contribution in [0.15, 0.2) is 158 Å². The van der Waals surface area contributed by atoms with Gasteiger partial charge in [-0.1, -0.05) is 125 Å². The predicted molar refractivity (Wildman–Crippen MR) is 216 cm³/mol. The number of aryl methyl sites for hydroxylation is 1. The lowest BCUT2D eigenvalue weighted by molar-refractivity contribution is 0.477. The zero-order valence-electron chi connectivity index (χ0n) is 37.4. The van der Waals surface area contributed by atoms with Crippen LogP contribution in [0.1, 0.15) is 49.8 Å². The average molecular weight is 684 g/mol. The number of rotatable bonds is 7. The van der Waals surface area contributed by atoms with Gasteiger partial charge in [-0.3, -0.25) is 9.55 Å². The van der Waals surface area contributed by atoms with Crippen LogP contribution in [0.2, 0.25) is 0 Å². The smallest absolute Gasteiger partial charge is 0.149 e. The molecular formula is C48H41N3O. The lowest BCUT2D eigenvalue weighted by Gasteiger charge is -2.22. The number of aromatic nitrogens is 3. The molecule has 2 aromatic heterocycles. The predicted octanol–water partition coefficient (Wildman–Crippen LogP) is 12.3. The average Bonchev–Trinajstić information content (AvgIpc) is 3.64. The first kappa shape index (κ1) is 24.8. The number of pyridine rings is 1. The maximum absolute atomic E-state index is 11.2. The van der Waals surface area contributed by atoms with Crippen molar-refractivity contribution in [2.45, 2.75) is 39.5 Å². The summed E-state index contributed by atoms with van der Waals surface area (Å²) in [5.74, 6) is 0.623. The number of fused-ring (bicyclic) bond motifs is 1. The van der Waals surface area contributed by atoms with Gasteiger partial charge in [-0.05, 0) is 105 Å². The van der Waals surface area contributed by atoms with Crippen molar-refractivity contribution in [1.82, 2.24) is 14.5 Å². The van der Waals surface area contributed by atoms with E-state index in [0.29, 0.717) is 22.5 Å². The molecule has 0 amide bonds. The normalized spacial score (nSPS) is 13.8. The SMILES string of the molecule is [2H]c1nc(-c2cc(-c3cccc4c3nc(-c3ccccc3O)n4-c3ccc(-c4ccccc4)c(CC)c3)cc(C(C)(C)C)c2)c([2H])c(-c2c([2H])c([2H])c([2H])c([2H])c2[2H])c1[2H]. The summed E-state index contributed by atoms with van der Waals surface area (Å²) >= 11 is 0. The number of hydrogen-bond acceptors (Lipinski definition) is 3. The molecule has 0 atom stereocenters. The van der Waals surface area contributed by atoms with E-state index in [1.54, 1.807) is 12.1 Å². The van der Waals surface area contributed by atoms with E-state index >= 15 is 0 Å². The fourth-order valence-corrected chi connectivity index (χ4v) is 6.65. The van der Waals surface area contributed by atoms with Gasteiger partial charge in [0, 0.05) is 23.0 Å². The highest BCUT2D eigenvalue weighted by Crippen LogP contribution is 2.40. The summed E-state index contributed by atoms with van der Waals surface area (Å²) in [6.07, 6.45) is 0.290. The van der Waals surface area contributed by atoms with E-state index in [0.717, 1.165) is 51.0 Å². The van der Waals surface area contributed by atoms with Crippen LogP contribution in [-0.2, 0) is 11.8 Å². The van der Waals surface area contributed by atoms with Gasteiger partial charge in [0.1, 0.15) is 11.6 Å². The standard InChI is InChI=1S/C48H41N3O/c1-5-32-30-39(23-24-40(32)34-17-10-7-11-18-34)51-44-21-14-20-41(46(44)50-47(51)42-19-12-13-22-45(42)52)36-27-37(29-38(28-36)48(2,3)4)43-31-35(25-26-49-43)33-15-8-6-9-16-33/h6-31,52H,5H2,1-4H3/i6D,8D,9D,15D,16D,25D,26D,31D. The molecule has 0 spiro atoms. The monoisotopic (exact) mass is 683 g/mol. The molecule has 0 radical (unpaired) electrons. The van der Waals surface area contributed by atoms with E-state index in [4.69, 9.17) is 14.6 Å². The Morgan fingerprint density at radius 3 is 2.19 bits per heavy atom. The fraction of sp³-hybridized carbons (Fsp3) is 0.125. The van der Waals surface area contributed by atoms with E-state index < -0.39 is 47.8 Å². The molecule has 0 aliphatic rings. The molecule has 1 N–H and O–H groups in total. The summed E-state index contributed by atoms with van der Waals surface area (Å²) in [5, 5.41) is 11.2. The summed E-state index contributed by atoms with van der Waals surface area (Å²) in [4.78, 5) is 9.68. The Hall–Kier alpha value is -6.26. The molecule has 8 rings (SSSR count). The summed E-state index contributed by atoms with van der Waals surface area (Å²) in [6, 6.07) is 31.7. The maximum atomic E-state index is 11.2. The number of hydrogen-bond donors (Lipinski definition) is 1. The van der Waals surface area contributed by atoms with Crippen LogP contribution < -0.4 is 0 Å². The van der Waals surface area contributed by atoms with Crippen molar-refractivity contribution in [3.8, 4) is 67.5 Å². The second-order valence-electron chi connectivity index (χ2n) is 13.8. The quantitative estimate of drug-likeness (QED) is 0.182. The van der Waals surface area contributed by atoms with Crippen LogP contribution in [0.25, 0.3) is 72.7 Å². The van der Waals surface area contributed by atoms with Crippen molar-refractivity contribution < 1.29 is 16.1 Å². The van der Waals surface area contributed by atoms with Gasteiger partial charge in [-0.2, -0.15) is 0 Å². The molecule has 8 aromatic rings. The largest absolute Gasteiger partial charge is 0.507 e. The molecule has 254 valence electrons. The van der Waals surface area contributed by atoms with Gasteiger partial charge < -0.3 is 5.11 Å². The van der Waals surface area contributed by atoms with Crippen molar-refractivity contribution in [3.05, 3.63) is 169 Å². The van der Waals surface area contributed by atoms with Gasteiger partial charge in [0.2, 0.25) is 0 Å². The number of phenolic OH excluding ortho intramolecular Hbond substituents is 1. The Morgan fingerprint density at radius 2 is 1.42 bits per heavy atom. The molecule has 52 heavy (non-hydrogen) atoms. The third-order valence-electron chi connectivity index (χ3n) is 9.37. The van der Waals surface area contributed by atoms with E-state index in [1.807, 2.05) is 60.7 Å². The van der Waals surface area contributed by atoms with Gasteiger partial charge in [0.15, 0.2) is 0 Å². The highest BCUT2D eigenvalue weighted by molar-refractivity contribution is 5.97. The van der Waals surface area contributed by atoms with Crippen molar-refractivity contribution in [2.75, 3.05) is 0 Å². The summed E-state index contributed by atoms with van der Waals surface area (Å²) < 4.78 is 70.8. The second kappa shape index (κ2) is 13.5. The summed E-state index contributed by atoms with van der Waals surface area (Å²) in [7, 11) is 0.